The molecule has 1 aromatic rings. The molecule has 0 amide bonds. The largest absolute Gasteiger partial charge is 0.480 e. The third kappa shape index (κ3) is 4.46. The molecule has 0 aliphatic carbocycles. The van der Waals surface area contributed by atoms with E-state index in [1.165, 1.54) is 0 Å². The number of aromatic nitrogens is 3. The zero-order valence-electron chi connectivity index (χ0n) is 12.0. The van der Waals surface area contributed by atoms with Crippen molar-refractivity contribution < 1.29 is 9.90 Å². The number of rotatable bonds is 7. The Morgan fingerprint density at radius 2 is 1.84 bits per heavy atom. The fourth-order valence-electron chi connectivity index (χ4n) is 1.85. The predicted molar refractivity (Wildman–Crippen MR) is 73.1 cm³/mol. The summed E-state index contributed by atoms with van der Waals surface area (Å²) in [6, 6.07) is -0.681. The Labute approximate surface area is 113 Å². The molecule has 0 spiro atoms. The van der Waals surface area contributed by atoms with E-state index in [1.54, 1.807) is 0 Å². The highest BCUT2D eigenvalue weighted by molar-refractivity contribution is 5.76. The molecular weight excluding hydrogens is 244 g/mol. The van der Waals surface area contributed by atoms with Crippen LogP contribution < -0.4 is 5.32 Å². The lowest BCUT2D eigenvalue weighted by molar-refractivity contribution is -0.138. The summed E-state index contributed by atoms with van der Waals surface area (Å²) in [5.74, 6) is -0.320. The Morgan fingerprint density at radius 3 is 2.32 bits per heavy atom. The summed E-state index contributed by atoms with van der Waals surface area (Å²) in [4.78, 5) is 15.5. The summed E-state index contributed by atoms with van der Waals surface area (Å²) in [5, 5.41) is 20.1. The lowest BCUT2D eigenvalue weighted by Crippen LogP contribution is -2.32. The molecule has 0 radical (unpaired) electrons. The van der Waals surface area contributed by atoms with Crippen LogP contribution in [-0.2, 0) is 17.6 Å². The number of hydrogen-bond acceptors (Lipinski definition) is 5. The van der Waals surface area contributed by atoms with Gasteiger partial charge in [-0.1, -0.05) is 27.7 Å². The van der Waals surface area contributed by atoms with Gasteiger partial charge >= 0.3 is 5.97 Å². The van der Waals surface area contributed by atoms with Crippen LogP contribution in [0.5, 0.6) is 0 Å². The van der Waals surface area contributed by atoms with E-state index in [4.69, 9.17) is 0 Å². The summed E-state index contributed by atoms with van der Waals surface area (Å²) in [6.45, 7) is 7.95. The smallest absolute Gasteiger partial charge is 0.326 e. The lowest BCUT2D eigenvalue weighted by Gasteiger charge is -2.16. The van der Waals surface area contributed by atoms with Crippen molar-refractivity contribution in [3.8, 4) is 0 Å². The van der Waals surface area contributed by atoms with Crippen LogP contribution in [0.1, 0.15) is 45.5 Å². The van der Waals surface area contributed by atoms with Crippen molar-refractivity contribution in [2.24, 2.45) is 5.92 Å². The van der Waals surface area contributed by atoms with Crippen LogP contribution in [0.25, 0.3) is 0 Å². The molecule has 0 aromatic carbocycles. The van der Waals surface area contributed by atoms with Crippen molar-refractivity contribution >= 4 is 11.9 Å². The van der Waals surface area contributed by atoms with Crippen LogP contribution in [-0.4, -0.2) is 32.3 Å². The summed E-state index contributed by atoms with van der Waals surface area (Å²) in [6.07, 6.45) is 2.06. The second-order valence-corrected chi connectivity index (χ2v) is 4.90. The molecule has 2 N–H and O–H groups in total. The first-order chi connectivity index (χ1) is 8.97. The van der Waals surface area contributed by atoms with E-state index in [2.05, 4.69) is 20.5 Å². The molecule has 0 aliphatic heterocycles. The van der Waals surface area contributed by atoms with E-state index in [-0.39, 0.29) is 5.92 Å². The summed E-state index contributed by atoms with van der Waals surface area (Å²) in [7, 11) is 0. The van der Waals surface area contributed by atoms with E-state index in [1.807, 2.05) is 27.7 Å². The van der Waals surface area contributed by atoms with Crippen molar-refractivity contribution in [1.82, 2.24) is 15.2 Å². The van der Waals surface area contributed by atoms with E-state index in [0.717, 1.165) is 24.2 Å². The lowest BCUT2D eigenvalue weighted by atomic mass is 10.0. The molecule has 1 aromatic heterocycles. The van der Waals surface area contributed by atoms with Crippen LogP contribution in [0.3, 0.4) is 0 Å². The van der Waals surface area contributed by atoms with Crippen LogP contribution in [0.2, 0.25) is 0 Å². The molecule has 19 heavy (non-hydrogen) atoms. The first-order valence-electron chi connectivity index (χ1n) is 6.69. The number of nitrogens with zero attached hydrogens (tertiary/aromatic N) is 3. The highest BCUT2D eigenvalue weighted by atomic mass is 16.4. The Hall–Kier alpha value is -1.72. The maximum atomic E-state index is 11.2. The average Bonchev–Trinajstić information content (AvgIpc) is 2.37. The fraction of sp³-hybridized carbons (Fsp3) is 0.692. The van der Waals surface area contributed by atoms with Gasteiger partial charge in [0.05, 0.1) is 11.4 Å². The van der Waals surface area contributed by atoms with Gasteiger partial charge in [-0.25, -0.2) is 9.78 Å². The molecule has 0 unspecified atom stereocenters. The second-order valence-electron chi connectivity index (χ2n) is 4.90. The minimum atomic E-state index is -0.894. The standard InChI is InChI=1S/C13H22N4O2/c1-5-9-10(6-2)16-17-13(14-9)15-11(12(18)19)7-8(3)4/h8,11H,5-7H2,1-4H3,(H,18,19)(H,14,15,17)/t11-/m0/s1. The van der Waals surface area contributed by atoms with Gasteiger partial charge in [-0.3, -0.25) is 0 Å². The molecule has 0 bridgehead atoms. The van der Waals surface area contributed by atoms with Crippen molar-refractivity contribution in [1.29, 1.82) is 0 Å². The van der Waals surface area contributed by atoms with Gasteiger partial charge in [0, 0.05) is 0 Å². The van der Waals surface area contributed by atoms with Crippen molar-refractivity contribution in [2.75, 3.05) is 5.32 Å². The minimum absolute atomic E-state index is 0.280. The zero-order valence-corrected chi connectivity index (χ0v) is 12.0. The number of carbonyl (C=O) groups is 1. The first-order valence-corrected chi connectivity index (χ1v) is 6.69. The van der Waals surface area contributed by atoms with Crippen LogP contribution >= 0.6 is 0 Å². The maximum absolute atomic E-state index is 11.2. The van der Waals surface area contributed by atoms with Crippen molar-refractivity contribution in [3.63, 3.8) is 0 Å². The highest BCUT2D eigenvalue weighted by Crippen LogP contribution is 2.11. The molecule has 1 atom stereocenters. The van der Waals surface area contributed by atoms with Gasteiger partial charge in [-0.05, 0) is 25.2 Å². The van der Waals surface area contributed by atoms with Gasteiger partial charge in [0.25, 0.3) is 0 Å². The second kappa shape index (κ2) is 7.01. The van der Waals surface area contributed by atoms with Gasteiger partial charge in [0.2, 0.25) is 5.95 Å². The molecule has 0 saturated heterocycles. The van der Waals surface area contributed by atoms with Gasteiger partial charge in [-0.15, -0.1) is 5.10 Å². The Morgan fingerprint density at radius 1 is 1.21 bits per heavy atom. The predicted octanol–water partition coefficient (Wildman–Crippen LogP) is 1.91. The molecular formula is C13H22N4O2. The number of nitrogens with one attached hydrogen (secondary N) is 1. The SMILES string of the molecule is CCc1nnc(N[C@@H](CC(C)C)C(=O)O)nc1CC. The third-order valence-electron chi connectivity index (χ3n) is 2.82. The maximum Gasteiger partial charge on any atom is 0.326 e. The summed E-state index contributed by atoms with van der Waals surface area (Å²) < 4.78 is 0. The van der Waals surface area contributed by atoms with Gasteiger partial charge in [0.1, 0.15) is 6.04 Å². The van der Waals surface area contributed by atoms with Gasteiger partial charge in [0.15, 0.2) is 0 Å². The van der Waals surface area contributed by atoms with E-state index in [0.29, 0.717) is 12.4 Å². The third-order valence-corrected chi connectivity index (χ3v) is 2.82. The zero-order chi connectivity index (χ0) is 14.4. The number of carboxylic acids is 1. The van der Waals surface area contributed by atoms with Crippen LogP contribution in [0.4, 0.5) is 5.95 Å². The topological polar surface area (TPSA) is 88.0 Å². The fourth-order valence-corrected chi connectivity index (χ4v) is 1.85. The van der Waals surface area contributed by atoms with E-state index >= 15 is 0 Å². The number of aryl methyl sites for hydroxylation is 2. The quantitative estimate of drug-likeness (QED) is 0.783. The molecule has 6 nitrogen and oxygen atoms in total. The summed E-state index contributed by atoms with van der Waals surface area (Å²) in [5.41, 5.74) is 1.73. The van der Waals surface area contributed by atoms with E-state index < -0.39 is 12.0 Å². The number of carboxylic acid groups (broad SMARTS) is 1. The first kappa shape index (κ1) is 15.3. The Bertz CT molecular complexity index is 435. The molecule has 106 valence electrons. The van der Waals surface area contributed by atoms with Crippen LogP contribution in [0, 0.1) is 5.92 Å². The van der Waals surface area contributed by atoms with Crippen molar-refractivity contribution in [3.05, 3.63) is 11.4 Å². The summed E-state index contributed by atoms with van der Waals surface area (Å²) >= 11 is 0. The highest BCUT2D eigenvalue weighted by Gasteiger charge is 2.20. The minimum Gasteiger partial charge on any atom is -0.480 e. The molecule has 1 rings (SSSR count). The molecule has 0 saturated carbocycles. The number of anilines is 1. The van der Waals surface area contributed by atoms with Gasteiger partial charge < -0.3 is 10.4 Å². The average molecular weight is 266 g/mol. The molecule has 0 fully saturated rings. The van der Waals surface area contributed by atoms with Crippen molar-refractivity contribution in [2.45, 2.75) is 53.0 Å². The van der Waals surface area contributed by atoms with E-state index in [9.17, 15) is 9.90 Å². The number of aliphatic carboxylic acids is 1. The van der Waals surface area contributed by atoms with Crippen LogP contribution in [0.15, 0.2) is 0 Å². The molecule has 6 heteroatoms. The van der Waals surface area contributed by atoms with Gasteiger partial charge in [-0.2, -0.15) is 5.10 Å². The Kier molecular flexibility index (Phi) is 5.66. The Balaban J connectivity index is 2.87. The number of hydrogen-bond donors (Lipinski definition) is 2. The molecule has 1 heterocycles. The normalized spacial score (nSPS) is 12.5. The monoisotopic (exact) mass is 266 g/mol. The molecule has 0 aliphatic rings.